The third-order valence-corrected chi connectivity index (χ3v) is 4.74. The Kier molecular flexibility index (Phi) is 5.53. The van der Waals surface area contributed by atoms with Gasteiger partial charge in [0.25, 0.3) is 5.91 Å². The van der Waals surface area contributed by atoms with Gasteiger partial charge in [-0.15, -0.1) is 0 Å². The number of hydrogen-bond acceptors (Lipinski definition) is 3. The van der Waals surface area contributed by atoms with Crippen LogP contribution in [-0.4, -0.2) is 21.4 Å². The number of pyridine rings is 1. The van der Waals surface area contributed by atoms with Gasteiger partial charge in [-0.2, -0.15) is 0 Å². The van der Waals surface area contributed by atoms with E-state index in [9.17, 15) is 4.79 Å². The second kappa shape index (κ2) is 7.18. The Morgan fingerprint density at radius 1 is 1.29 bits per heavy atom. The fourth-order valence-electron chi connectivity index (χ4n) is 2.79. The van der Waals surface area contributed by atoms with E-state index < -0.39 is 5.54 Å². The lowest BCUT2D eigenvalue weighted by atomic mass is 9.83. The minimum Gasteiger partial charge on any atom is -0.391 e. The summed E-state index contributed by atoms with van der Waals surface area (Å²) in [6.45, 7) is 0. The van der Waals surface area contributed by atoms with Crippen LogP contribution in [0, 0.1) is 0 Å². The molecule has 1 heterocycles. The summed E-state index contributed by atoms with van der Waals surface area (Å²) < 4.78 is 0. The van der Waals surface area contributed by atoms with Crippen molar-refractivity contribution in [3.63, 3.8) is 0 Å². The lowest BCUT2D eigenvalue weighted by molar-refractivity contribution is 0.0913. The maximum Gasteiger partial charge on any atom is 0.253 e. The zero-order valence-electron chi connectivity index (χ0n) is 11.9. The molecular formula is C15H20ClN3OS. The molecule has 0 aromatic carbocycles. The normalized spacial score (nSPS) is 18.3. The first-order valence-corrected chi connectivity index (χ1v) is 8.06. The maximum atomic E-state index is 12.5. The predicted octanol–water partition coefficient (Wildman–Crippen LogP) is 3.23. The smallest absolute Gasteiger partial charge is 0.253 e. The fourth-order valence-corrected chi connectivity index (χ4v) is 3.25. The number of nitrogens with two attached hydrogens (primary N) is 1. The average molecular weight is 326 g/mol. The van der Waals surface area contributed by atoms with Crippen molar-refractivity contribution in [2.24, 2.45) is 5.73 Å². The molecule has 0 radical (unpaired) electrons. The predicted molar refractivity (Wildman–Crippen MR) is 88.5 cm³/mol. The lowest BCUT2D eigenvalue weighted by Crippen LogP contribution is -2.57. The molecule has 0 bridgehead atoms. The topological polar surface area (TPSA) is 68.0 Å². The van der Waals surface area contributed by atoms with Crippen LogP contribution in [-0.2, 0) is 0 Å². The molecule has 0 spiro atoms. The van der Waals surface area contributed by atoms with Crippen molar-refractivity contribution in [3.05, 3.63) is 29.0 Å². The van der Waals surface area contributed by atoms with Gasteiger partial charge in [-0.25, -0.2) is 0 Å². The van der Waals surface area contributed by atoms with Gasteiger partial charge in [0, 0.05) is 12.4 Å². The zero-order valence-corrected chi connectivity index (χ0v) is 13.5. The summed E-state index contributed by atoms with van der Waals surface area (Å²) >= 11 is 11.3. The quantitative estimate of drug-likeness (QED) is 0.837. The first-order valence-electron chi connectivity index (χ1n) is 7.27. The summed E-state index contributed by atoms with van der Waals surface area (Å²) in [5.41, 5.74) is 5.77. The number of rotatable bonds is 3. The van der Waals surface area contributed by atoms with Gasteiger partial charge >= 0.3 is 0 Å². The van der Waals surface area contributed by atoms with Crippen LogP contribution in [0.15, 0.2) is 18.5 Å². The molecule has 1 aliphatic carbocycles. The van der Waals surface area contributed by atoms with Gasteiger partial charge in [-0.05, 0) is 18.9 Å². The van der Waals surface area contributed by atoms with Crippen molar-refractivity contribution in [1.82, 2.24) is 10.3 Å². The Hall–Kier alpha value is -1.20. The first kappa shape index (κ1) is 16.2. The number of aromatic nitrogens is 1. The number of thiocarbonyl (C=S) groups is 1. The lowest BCUT2D eigenvalue weighted by Gasteiger charge is -2.35. The standard InChI is InChI=1S/C15H20ClN3OS/c16-12-10-18-9-6-11(12)13(20)19-15(14(17)21)7-4-2-1-3-5-8-15/h6,9-10H,1-5,7-8H2,(H2,17,21)(H,19,20). The molecule has 1 fully saturated rings. The maximum absolute atomic E-state index is 12.5. The minimum atomic E-state index is -0.598. The van der Waals surface area contributed by atoms with Gasteiger partial charge in [-0.1, -0.05) is 55.9 Å². The number of hydrogen-bond donors (Lipinski definition) is 2. The van der Waals surface area contributed by atoms with Gasteiger partial charge in [-0.3, -0.25) is 9.78 Å². The van der Waals surface area contributed by atoms with Crippen LogP contribution in [0.25, 0.3) is 0 Å². The first-order chi connectivity index (χ1) is 10.1. The van der Waals surface area contributed by atoms with Crippen LogP contribution in [0.5, 0.6) is 0 Å². The SMILES string of the molecule is NC(=S)C1(NC(=O)c2ccncc2Cl)CCCCCCC1. The highest BCUT2D eigenvalue weighted by molar-refractivity contribution is 7.80. The molecule has 0 atom stereocenters. The molecule has 1 aromatic heterocycles. The number of carbonyl (C=O) groups excluding carboxylic acids is 1. The van der Waals surface area contributed by atoms with E-state index in [2.05, 4.69) is 10.3 Å². The van der Waals surface area contributed by atoms with E-state index in [0.717, 1.165) is 38.5 Å². The van der Waals surface area contributed by atoms with Gasteiger partial charge in [0.05, 0.1) is 21.1 Å². The number of nitrogens with zero attached hydrogens (tertiary/aromatic N) is 1. The Labute approximate surface area is 135 Å². The molecule has 1 saturated carbocycles. The molecule has 4 nitrogen and oxygen atoms in total. The summed E-state index contributed by atoms with van der Waals surface area (Å²) in [6, 6.07) is 1.61. The molecule has 21 heavy (non-hydrogen) atoms. The van der Waals surface area contributed by atoms with Crippen molar-refractivity contribution < 1.29 is 4.79 Å². The second-order valence-corrected chi connectivity index (χ2v) is 6.37. The van der Waals surface area contributed by atoms with E-state index >= 15 is 0 Å². The van der Waals surface area contributed by atoms with Gasteiger partial charge in [0.15, 0.2) is 0 Å². The van der Waals surface area contributed by atoms with E-state index in [-0.39, 0.29) is 5.91 Å². The van der Waals surface area contributed by atoms with Crippen LogP contribution in [0.3, 0.4) is 0 Å². The molecule has 6 heteroatoms. The summed E-state index contributed by atoms with van der Waals surface area (Å²) in [7, 11) is 0. The van der Waals surface area contributed by atoms with E-state index in [1.807, 2.05) is 0 Å². The van der Waals surface area contributed by atoms with Gasteiger partial charge in [0.1, 0.15) is 0 Å². The van der Waals surface area contributed by atoms with Crippen molar-refractivity contribution in [2.45, 2.75) is 50.5 Å². The third kappa shape index (κ3) is 3.92. The molecule has 1 aliphatic rings. The Bertz CT molecular complexity index is 527. The monoisotopic (exact) mass is 325 g/mol. The molecule has 0 saturated heterocycles. The third-order valence-electron chi connectivity index (χ3n) is 4.05. The van der Waals surface area contributed by atoms with Gasteiger partial charge < -0.3 is 11.1 Å². The summed E-state index contributed by atoms with van der Waals surface area (Å²) in [5.74, 6) is -0.240. The molecule has 2 rings (SSSR count). The number of carbonyl (C=O) groups is 1. The van der Waals surface area contributed by atoms with Crippen molar-refractivity contribution in [1.29, 1.82) is 0 Å². The minimum absolute atomic E-state index is 0.240. The Balaban J connectivity index is 2.21. The van der Waals surface area contributed by atoms with Crippen LogP contribution in [0.1, 0.15) is 55.3 Å². The molecule has 0 unspecified atom stereocenters. The summed E-state index contributed by atoms with van der Waals surface area (Å²) in [5, 5.41) is 3.37. The molecule has 114 valence electrons. The van der Waals surface area contributed by atoms with Crippen molar-refractivity contribution in [3.8, 4) is 0 Å². The Morgan fingerprint density at radius 2 is 1.90 bits per heavy atom. The van der Waals surface area contributed by atoms with Crippen LogP contribution < -0.4 is 11.1 Å². The molecule has 1 aromatic rings. The van der Waals surface area contributed by atoms with Crippen molar-refractivity contribution in [2.75, 3.05) is 0 Å². The zero-order chi connectivity index (χ0) is 15.3. The van der Waals surface area contributed by atoms with Gasteiger partial charge in [0.2, 0.25) is 0 Å². The average Bonchev–Trinajstić information content (AvgIpc) is 2.42. The largest absolute Gasteiger partial charge is 0.391 e. The molecule has 0 aliphatic heterocycles. The fraction of sp³-hybridized carbons (Fsp3) is 0.533. The molecular weight excluding hydrogens is 306 g/mol. The number of amides is 1. The van der Waals surface area contributed by atoms with Crippen LogP contribution in [0.4, 0.5) is 0 Å². The highest BCUT2D eigenvalue weighted by atomic mass is 35.5. The van der Waals surface area contributed by atoms with E-state index in [1.54, 1.807) is 12.3 Å². The van der Waals surface area contributed by atoms with Crippen molar-refractivity contribution >= 4 is 34.7 Å². The summed E-state index contributed by atoms with van der Waals surface area (Å²) in [6.07, 6.45) is 10.1. The van der Waals surface area contributed by atoms with Crippen LogP contribution in [0.2, 0.25) is 5.02 Å². The highest BCUT2D eigenvalue weighted by Crippen LogP contribution is 2.28. The number of nitrogens with one attached hydrogen (secondary N) is 1. The second-order valence-electron chi connectivity index (χ2n) is 5.52. The van der Waals surface area contributed by atoms with E-state index in [0.29, 0.717) is 15.6 Å². The highest BCUT2D eigenvalue weighted by Gasteiger charge is 2.35. The van der Waals surface area contributed by atoms with E-state index in [1.165, 1.54) is 12.6 Å². The Morgan fingerprint density at radius 3 is 2.48 bits per heavy atom. The van der Waals surface area contributed by atoms with E-state index in [4.69, 9.17) is 29.6 Å². The molecule has 3 N–H and O–H groups in total. The van der Waals surface area contributed by atoms with Crippen LogP contribution >= 0.6 is 23.8 Å². The summed E-state index contributed by atoms with van der Waals surface area (Å²) in [4.78, 5) is 16.8. The molecule has 1 amide bonds. The number of halogens is 1.